The van der Waals surface area contributed by atoms with Crippen molar-refractivity contribution in [2.45, 2.75) is 19.4 Å². The molecule has 32 heavy (non-hydrogen) atoms. The number of aromatic nitrogens is 3. The van der Waals surface area contributed by atoms with Gasteiger partial charge in [0.05, 0.1) is 27.1 Å². The van der Waals surface area contributed by atoms with E-state index in [-0.39, 0.29) is 12.1 Å². The van der Waals surface area contributed by atoms with Gasteiger partial charge in [-0.2, -0.15) is 0 Å². The predicted octanol–water partition coefficient (Wildman–Crippen LogP) is 3.84. The number of cyclic esters (lactones) is 1. The highest BCUT2D eigenvalue weighted by Crippen LogP contribution is 2.38. The Morgan fingerprint density at radius 2 is 1.97 bits per heavy atom. The average molecular weight is 460 g/mol. The molecule has 4 rings (SSSR count). The third kappa shape index (κ3) is 4.33. The van der Waals surface area contributed by atoms with Gasteiger partial charge in [-0.25, -0.2) is 4.79 Å². The fourth-order valence-corrected chi connectivity index (χ4v) is 4.14. The first-order valence-corrected chi connectivity index (χ1v) is 11.1. The van der Waals surface area contributed by atoms with Crippen LogP contribution in [0.25, 0.3) is 17.3 Å². The Morgan fingerprint density at radius 1 is 1.19 bits per heavy atom. The molecule has 1 saturated heterocycles. The molecule has 10 nitrogen and oxygen atoms in total. The fourth-order valence-electron chi connectivity index (χ4n) is 3.49. The molecule has 1 atom stereocenters. The van der Waals surface area contributed by atoms with Crippen LogP contribution in [0.1, 0.15) is 13.3 Å². The van der Waals surface area contributed by atoms with Gasteiger partial charge in [-0.1, -0.05) is 6.07 Å². The summed E-state index contributed by atoms with van der Waals surface area (Å²) in [5, 5.41) is 8.64. The summed E-state index contributed by atoms with van der Waals surface area (Å²) in [6.07, 6.45) is 2.14. The van der Waals surface area contributed by atoms with E-state index in [2.05, 4.69) is 14.9 Å². The number of amides is 1. The average Bonchev–Trinajstić information content (AvgIpc) is 3.47. The summed E-state index contributed by atoms with van der Waals surface area (Å²) in [5.41, 5.74) is 0.644. The predicted molar refractivity (Wildman–Crippen MR) is 120 cm³/mol. The van der Waals surface area contributed by atoms with Gasteiger partial charge in [0.1, 0.15) is 17.2 Å². The highest BCUT2D eigenvalue weighted by atomic mass is 32.2. The smallest absolute Gasteiger partial charge is 0.410 e. The molecule has 1 amide bonds. The molecule has 0 saturated carbocycles. The second-order valence-corrected chi connectivity index (χ2v) is 7.97. The molecular weight excluding hydrogens is 434 g/mol. The summed E-state index contributed by atoms with van der Waals surface area (Å²) in [6, 6.07) is 9.27. The molecule has 3 heterocycles. The third-order valence-electron chi connectivity index (χ3n) is 5.16. The van der Waals surface area contributed by atoms with Gasteiger partial charge in [-0.3, -0.25) is 9.29 Å². The number of carbonyl (C=O) groups excluding carboxylic acids is 1. The largest absolute Gasteiger partial charge is 0.494 e. The molecule has 170 valence electrons. The molecule has 0 spiro atoms. The van der Waals surface area contributed by atoms with Crippen LogP contribution in [-0.4, -0.2) is 64.9 Å². The van der Waals surface area contributed by atoms with Crippen molar-refractivity contribution >= 4 is 24.0 Å². The first-order chi connectivity index (χ1) is 15.6. The van der Waals surface area contributed by atoms with Crippen molar-refractivity contribution in [2.75, 3.05) is 37.8 Å². The molecule has 1 aliphatic heterocycles. The lowest BCUT2D eigenvalue weighted by atomic mass is 10.2. The molecule has 0 unspecified atom stereocenters. The number of hydrogen-bond acceptors (Lipinski definition) is 9. The molecule has 0 aliphatic carbocycles. The van der Waals surface area contributed by atoms with Crippen LogP contribution in [-0.2, 0) is 4.74 Å². The van der Waals surface area contributed by atoms with Crippen molar-refractivity contribution in [3.05, 3.63) is 36.6 Å². The van der Waals surface area contributed by atoms with Crippen molar-refractivity contribution in [3.8, 4) is 28.8 Å². The molecule has 2 aromatic heterocycles. The number of hydrogen-bond donors (Lipinski definition) is 1. The SMILES string of the molecule is COc1cccc(OC)c1-n1c(NSCCN2C(=O)OCC[C@H]2C)nnc1-c1ccco1. The topological polar surface area (TPSA) is 104 Å². The molecule has 1 aliphatic rings. The van der Waals surface area contributed by atoms with Gasteiger partial charge < -0.3 is 23.5 Å². The first-order valence-electron chi connectivity index (χ1n) is 10.2. The number of methoxy groups -OCH3 is 2. The number of nitrogens with zero attached hydrogens (tertiary/aromatic N) is 4. The Bertz CT molecular complexity index is 1030. The summed E-state index contributed by atoms with van der Waals surface area (Å²) in [6.45, 7) is 3.05. The summed E-state index contributed by atoms with van der Waals surface area (Å²) in [5.74, 6) is 3.33. The van der Waals surface area contributed by atoms with Crippen LogP contribution in [0.3, 0.4) is 0 Å². The molecule has 0 radical (unpaired) electrons. The van der Waals surface area contributed by atoms with Crippen LogP contribution in [0.15, 0.2) is 41.0 Å². The maximum Gasteiger partial charge on any atom is 0.410 e. The van der Waals surface area contributed by atoms with Crippen LogP contribution in [0.2, 0.25) is 0 Å². The minimum Gasteiger partial charge on any atom is -0.494 e. The number of furan rings is 1. The van der Waals surface area contributed by atoms with E-state index in [0.29, 0.717) is 53.6 Å². The Labute approximate surface area is 190 Å². The molecule has 1 aromatic carbocycles. The minimum atomic E-state index is -0.272. The van der Waals surface area contributed by atoms with Gasteiger partial charge in [0, 0.05) is 24.8 Å². The number of para-hydroxylation sites is 1. The number of nitrogens with one attached hydrogen (secondary N) is 1. The maximum absolute atomic E-state index is 12.0. The summed E-state index contributed by atoms with van der Waals surface area (Å²) in [4.78, 5) is 13.7. The lowest BCUT2D eigenvalue weighted by Crippen LogP contribution is -2.45. The normalized spacial score (nSPS) is 16.0. The third-order valence-corrected chi connectivity index (χ3v) is 5.87. The van der Waals surface area contributed by atoms with Crippen LogP contribution < -0.4 is 14.2 Å². The van der Waals surface area contributed by atoms with E-state index in [9.17, 15) is 4.79 Å². The van der Waals surface area contributed by atoms with E-state index in [4.69, 9.17) is 18.6 Å². The van der Waals surface area contributed by atoms with Crippen molar-refractivity contribution in [1.82, 2.24) is 19.7 Å². The monoisotopic (exact) mass is 459 g/mol. The first kappa shape index (κ1) is 21.9. The lowest BCUT2D eigenvalue weighted by Gasteiger charge is -2.32. The molecule has 1 N–H and O–H groups in total. The number of anilines is 1. The van der Waals surface area contributed by atoms with Crippen molar-refractivity contribution < 1.29 is 23.4 Å². The Kier molecular flexibility index (Phi) is 6.74. The number of rotatable bonds is 9. The van der Waals surface area contributed by atoms with E-state index >= 15 is 0 Å². The zero-order valence-corrected chi connectivity index (χ0v) is 18.9. The van der Waals surface area contributed by atoms with Gasteiger partial charge in [-0.15, -0.1) is 10.2 Å². The van der Waals surface area contributed by atoms with E-state index in [1.54, 1.807) is 36.0 Å². The Balaban J connectivity index is 1.59. The quantitative estimate of drug-likeness (QED) is 0.377. The second-order valence-electron chi connectivity index (χ2n) is 7.07. The number of benzene rings is 1. The van der Waals surface area contributed by atoms with Crippen LogP contribution >= 0.6 is 11.9 Å². The van der Waals surface area contributed by atoms with Gasteiger partial charge in [-0.05, 0) is 43.1 Å². The molecule has 1 fully saturated rings. The number of carbonyl (C=O) groups is 1. The summed E-state index contributed by atoms with van der Waals surface area (Å²) in [7, 11) is 3.19. The number of ether oxygens (including phenoxy) is 3. The minimum absolute atomic E-state index is 0.156. The fraction of sp³-hybridized carbons (Fsp3) is 0.381. The summed E-state index contributed by atoms with van der Waals surface area (Å²) >= 11 is 1.42. The van der Waals surface area contributed by atoms with Crippen molar-refractivity contribution in [1.29, 1.82) is 0 Å². The van der Waals surface area contributed by atoms with E-state index in [1.165, 1.54) is 11.9 Å². The molecule has 3 aromatic rings. The van der Waals surface area contributed by atoms with Gasteiger partial charge >= 0.3 is 6.09 Å². The van der Waals surface area contributed by atoms with E-state index < -0.39 is 0 Å². The van der Waals surface area contributed by atoms with Gasteiger partial charge in [0.15, 0.2) is 5.76 Å². The Morgan fingerprint density at radius 3 is 2.62 bits per heavy atom. The maximum atomic E-state index is 12.0. The van der Waals surface area contributed by atoms with Gasteiger partial charge in [0.25, 0.3) is 0 Å². The summed E-state index contributed by atoms with van der Waals surface area (Å²) < 4.78 is 26.9. The standard InChI is InChI=1S/C21H25N5O5S/c1-14-9-12-31-21(27)25(14)10-13-32-24-20-23-22-19(17-8-5-11-30-17)26(20)18-15(28-2)6-4-7-16(18)29-3/h4-8,11,14H,9-10,12-13H2,1-3H3,(H,23,24)/t14-/m1/s1. The Hall–Kier alpha value is -3.34. The van der Waals surface area contributed by atoms with Crippen molar-refractivity contribution in [2.24, 2.45) is 0 Å². The lowest BCUT2D eigenvalue weighted by molar-refractivity contribution is 0.0522. The van der Waals surface area contributed by atoms with Crippen LogP contribution in [0.4, 0.5) is 10.7 Å². The zero-order valence-electron chi connectivity index (χ0n) is 18.1. The highest BCUT2D eigenvalue weighted by molar-refractivity contribution is 8.00. The molecule has 11 heteroatoms. The zero-order chi connectivity index (χ0) is 22.5. The van der Waals surface area contributed by atoms with Gasteiger partial charge in [0.2, 0.25) is 11.8 Å². The highest BCUT2D eigenvalue weighted by Gasteiger charge is 2.26. The molecular formula is C21H25N5O5S. The van der Waals surface area contributed by atoms with Crippen molar-refractivity contribution in [3.63, 3.8) is 0 Å². The molecule has 0 bridgehead atoms. The van der Waals surface area contributed by atoms with Crippen LogP contribution in [0, 0.1) is 0 Å². The second kappa shape index (κ2) is 9.86. The van der Waals surface area contributed by atoms with E-state index in [1.807, 2.05) is 31.2 Å². The van der Waals surface area contributed by atoms with E-state index in [0.717, 1.165) is 6.42 Å². The van der Waals surface area contributed by atoms with Crippen LogP contribution in [0.5, 0.6) is 11.5 Å².